The van der Waals surface area contributed by atoms with Gasteiger partial charge in [-0.25, -0.2) is 4.98 Å². The highest BCUT2D eigenvalue weighted by Crippen LogP contribution is 2.22. The summed E-state index contributed by atoms with van der Waals surface area (Å²) < 4.78 is 0. The summed E-state index contributed by atoms with van der Waals surface area (Å²) in [6.07, 6.45) is 7.51. The quantitative estimate of drug-likeness (QED) is 0.667. The van der Waals surface area contributed by atoms with Crippen LogP contribution in [0.2, 0.25) is 0 Å². The third kappa shape index (κ3) is 4.64. The Balaban J connectivity index is 1.44. The Labute approximate surface area is 172 Å². The maximum atomic E-state index is 6.26. The Bertz CT molecular complexity index is 940. The summed E-state index contributed by atoms with van der Waals surface area (Å²) in [4.78, 5) is 6.75. The number of aromatic amines is 1. The third-order valence-electron chi connectivity index (χ3n) is 5.12. The van der Waals surface area contributed by atoms with Crippen molar-refractivity contribution in [2.24, 2.45) is 0 Å². The summed E-state index contributed by atoms with van der Waals surface area (Å²) in [7, 11) is 6.26. The molecule has 1 aliphatic rings. The van der Waals surface area contributed by atoms with Gasteiger partial charge in [0.1, 0.15) is 13.5 Å². The molecule has 1 fully saturated rings. The first-order valence-corrected chi connectivity index (χ1v) is 10.0. The number of H-pyrrole nitrogens is 1. The van der Waals surface area contributed by atoms with E-state index in [-0.39, 0.29) is 5.54 Å². The van der Waals surface area contributed by atoms with Crippen molar-refractivity contribution >= 4 is 19.3 Å². The molecule has 0 atom stereocenters. The monoisotopic (exact) mass is 387 g/mol. The van der Waals surface area contributed by atoms with E-state index < -0.39 is 0 Å². The number of anilines is 1. The van der Waals surface area contributed by atoms with Crippen molar-refractivity contribution in [1.29, 1.82) is 0 Å². The van der Waals surface area contributed by atoms with Crippen molar-refractivity contribution < 1.29 is 0 Å². The Morgan fingerprint density at radius 1 is 1.10 bits per heavy atom. The van der Waals surface area contributed by atoms with E-state index in [0.29, 0.717) is 23.1 Å². The lowest BCUT2D eigenvalue weighted by Gasteiger charge is -2.36. The molecule has 2 N–H and O–H groups in total. The van der Waals surface area contributed by atoms with E-state index in [1.807, 2.05) is 24.4 Å². The molecule has 2 aromatic heterocycles. The molecule has 148 valence electrons. The van der Waals surface area contributed by atoms with Crippen LogP contribution in [0.25, 0.3) is 22.4 Å². The lowest BCUT2D eigenvalue weighted by atomic mass is 9.87. The van der Waals surface area contributed by atoms with E-state index in [0.717, 1.165) is 42.6 Å². The maximum absolute atomic E-state index is 6.26. The number of aromatic nitrogens is 5. The highest BCUT2D eigenvalue weighted by atomic mass is 15.3. The molecule has 8 heteroatoms. The molecule has 2 radical (unpaired) electrons. The topological polar surface area (TPSA) is 82.6 Å². The summed E-state index contributed by atoms with van der Waals surface area (Å²) in [5.41, 5.74) is 4.28. The molecule has 0 unspecified atom stereocenters. The fraction of sp³-hybridized carbons (Fsp3) is 0.429. The summed E-state index contributed by atoms with van der Waals surface area (Å²) >= 11 is 0. The Kier molecular flexibility index (Phi) is 5.36. The molecule has 0 spiro atoms. The van der Waals surface area contributed by atoms with E-state index >= 15 is 0 Å². The first-order valence-electron chi connectivity index (χ1n) is 10.0. The number of benzene rings is 1. The van der Waals surface area contributed by atoms with Gasteiger partial charge in [0.05, 0.1) is 12.4 Å². The van der Waals surface area contributed by atoms with Crippen LogP contribution in [0.5, 0.6) is 0 Å². The molecule has 0 bridgehead atoms. The Morgan fingerprint density at radius 3 is 2.48 bits per heavy atom. The number of hydrogen-bond donors (Lipinski definition) is 2. The molecule has 1 saturated heterocycles. The zero-order valence-electron chi connectivity index (χ0n) is 17.2. The second-order valence-electron chi connectivity index (χ2n) is 8.59. The minimum absolute atomic E-state index is 0.139. The van der Waals surface area contributed by atoms with Crippen LogP contribution < -0.4 is 15.7 Å². The van der Waals surface area contributed by atoms with Gasteiger partial charge in [0.2, 0.25) is 5.95 Å². The molecular formula is C21H26BN7. The molecule has 0 saturated carbocycles. The number of nitrogens with zero attached hydrogens (tertiary/aromatic N) is 5. The molecule has 3 aromatic rings. The van der Waals surface area contributed by atoms with Gasteiger partial charge < -0.3 is 10.2 Å². The van der Waals surface area contributed by atoms with Crippen LogP contribution in [-0.2, 0) is 0 Å². The van der Waals surface area contributed by atoms with Gasteiger partial charge in [0.25, 0.3) is 0 Å². The fourth-order valence-electron chi connectivity index (χ4n) is 3.76. The van der Waals surface area contributed by atoms with Crippen LogP contribution in [0.3, 0.4) is 0 Å². The normalized spacial score (nSPS) is 15.6. The molecule has 0 aliphatic carbocycles. The van der Waals surface area contributed by atoms with E-state index in [4.69, 9.17) is 7.85 Å². The van der Waals surface area contributed by atoms with Crippen molar-refractivity contribution in [3.05, 3.63) is 36.8 Å². The molecule has 1 aliphatic heterocycles. The van der Waals surface area contributed by atoms with Crippen LogP contribution in [-0.4, -0.2) is 57.9 Å². The highest BCUT2D eigenvalue weighted by molar-refractivity contribution is 6.36. The lowest BCUT2D eigenvalue weighted by Crippen LogP contribution is -2.49. The van der Waals surface area contributed by atoms with Gasteiger partial charge in [-0.15, -0.1) is 10.2 Å². The summed E-state index contributed by atoms with van der Waals surface area (Å²) in [6, 6.07) is 6.40. The molecule has 1 aromatic carbocycles. The lowest BCUT2D eigenvalue weighted by molar-refractivity contribution is 0.316. The zero-order chi connectivity index (χ0) is 20.4. The largest absolute Gasteiger partial charge is 0.339 e. The second kappa shape index (κ2) is 7.95. The van der Waals surface area contributed by atoms with Crippen LogP contribution in [0.1, 0.15) is 33.6 Å². The van der Waals surface area contributed by atoms with Crippen LogP contribution in [0.15, 0.2) is 36.8 Å². The number of rotatable bonds is 4. The smallest absolute Gasteiger partial charge is 0.245 e. The summed E-state index contributed by atoms with van der Waals surface area (Å²) in [6.45, 7) is 8.47. The third-order valence-corrected chi connectivity index (χ3v) is 5.12. The van der Waals surface area contributed by atoms with Gasteiger partial charge in [0.15, 0.2) is 0 Å². The van der Waals surface area contributed by atoms with Crippen molar-refractivity contribution in [1.82, 2.24) is 30.7 Å². The van der Waals surface area contributed by atoms with E-state index in [1.165, 1.54) is 0 Å². The van der Waals surface area contributed by atoms with Crippen LogP contribution in [0, 0.1) is 0 Å². The Morgan fingerprint density at radius 2 is 1.90 bits per heavy atom. The average Bonchev–Trinajstić information content (AvgIpc) is 3.22. The fourth-order valence-corrected chi connectivity index (χ4v) is 3.76. The van der Waals surface area contributed by atoms with Crippen molar-refractivity contribution in [3.63, 3.8) is 0 Å². The van der Waals surface area contributed by atoms with Crippen molar-refractivity contribution in [2.45, 2.75) is 45.2 Å². The molecule has 7 nitrogen and oxygen atoms in total. The zero-order valence-corrected chi connectivity index (χ0v) is 17.2. The van der Waals surface area contributed by atoms with Gasteiger partial charge in [-0.05, 0) is 44.7 Å². The molecule has 29 heavy (non-hydrogen) atoms. The molecular weight excluding hydrogens is 361 g/mol. The SMILES string of the molecule is [B]c1cc(-c2cn[nH]c2)ccc1-c1cnc(N2CCC(NC(C)(C)C)CC2)nn1. The second-order valence-corrected chi connectivity index (χ2v) is 8.59. The first-order chi connectivity index (χ1) is 13.9. The van der Waals surface area contributed by atoms with Gasteiger partial charge in [-0.3, -0.25) is 5.10 Å². The minimum atomic E-state index is 0.139. The predicted octanol–water partition coefficient (Wildman–Crippen LogP) is 2.08. The first kappa shape index (κ1) is 19.6. The summed E-state index contributed by atoms with van der Waals surface area (Å²) in [5, 5.41) is 19.2. The maximum Gasteiger partial charge on any atom is 0.245 e. The number of piperidine rings is 1. The summed E-state index contributed by atoms with van der Waals surface area (Å²) in [5.74, 6) is 0.677. The van der Waals surface area contributed by atoms with Crippen LogP contribution >= 0.6 is 0 Å². The minimum Gasteiger partial charge on any atom is -0.339 e. The van der Waals surface area contributed by atoms with Crippen molar-refractivity contribution in [3.8, 4) is 22.4 Å². The molecule has 4 rings (SSSR count). The van der Waals surface area contributed by atoms with Gasteiger partial charge in [-0.2, -0.15) is 5.10 Å². The van der Waals surface area contributed by atoms with Gasteiger partial charge in [0, 0.05) is 36.4 Å². The van der Waals surface area contributed by atoms with Crippen molar-refractivity contribution in [2.75, 3.05) is 18.0 Å². The van der Waals surface area contributed by atoms with E-state index in [9.17, 15) is 0 Å². The van der Waals surface area contributed by atoms with Crippen LogP contribution in [0.4, 0.5) is 5.95 Å². The average molecular weight is 387 g/mol. The standard InChI is InChI=1S/C21H26BN7/c1-21(2,3)26-16-6-8-29(9-7-16)20-23-13-19(27-28-20)17-5-4-14(10-18(17)22)15-11-24-25-12-15/h4-5,10-13,16,26H,6-9H2,1-3H3,(H,24,25). The molecule has 0 amide bonds. The highest BCUT2D eigenvalue weighted by Gasteiger charge is 2.24. The van der Waals surface area contributed by atoms with Gasteiger partial charge in [-0.1, -0.05) is 23.7 Å². The van der Waals surface area contributed by atoms with Gasteiger partial charge >= 0.3 is 0 Å². The number of hydrogen-bond acceptors (Lipinski definition) is 6. The predicted molar refractivity (Wildman–Crippen MR) is 116 cm³/mol. The van der Waals surface area contributed by atoms with E-state index in [1.54, 1.807) is 12.4 Å². The number of nitrogens with one attached hydrogen (secondary N) is 2. The molecule has 3 heterocycles. The Hall–Kier alpha value is -2.74. The van der Waals surface area contributed by atoms with E-state index in [2.05, 4.69) is 56.4 Å².